The lowest BCUT2D eigenvalue weighted by Gasteiger charge is -2.72. The first-order valence-corrected chi connectivity index (χ1v) is 17.2. The van der Waals surface area contributed by atoms with Gasteiger partial charge in [0.2, 0.25) is 0 Å². The average molecular weight is 636 g/mol. The van der Waals surface area contributed by atoms with Crippen molar-refractivity contribution >= 4 is 33.8 Å². The number of ether oxygens (including phenoxy) is 1. The molecule has 42 heavy (non-hydrogen) atoms. The number of allylic oxidation sites excluding steroid dienone is 2. The molecule has 0 N–H and O–H groups in total. The van der Waals surface area contributed by atoms with Crippen molar-refractivity contribution in [2.45, 2.75) is 99.3 Å². The van der Waals surface area contributed by atoms with Crippen LogP contribution in [0.4, 0.5) is 0 Å². The van der Waals surface area contributed by atoms with Crippen LogP contribution in [-0.4, -0.2) is 18.9 Å². The fourth-order valence-electron chi connectivity index (χ4n) is 12.4. The molecule has 0 radical (unpaired) electrons. The summed E-state index contributed by atoms with van der Waals surface area (Å²) in [6.45, 7) is 18.8. The molecule has 0 aromatic heterocycles. The Hall–Kier alpha value is -1.68. The molecule has 3 nitrogen and oxygen atoms in total. The molecule has 0 bridgehead atoms. The minimum absolute atomic E-state index is 0.0245. The van der Waals surface area contributed by atoms with E-state index < -0.39 is 0 Å². The Morgan fingerprint density at radius 1 is 0.929 bits per heavy atom. The van der Waals surface area contributed by atoms with E-state index in [9.17, 15) is 9.59 Å². The number of esters is 1. The van der Waals surface area contributed by atoms with Crippen molar-refractivity contribution < 1.29 is 14.3 Å². The standard InChI is InChI=1S/C38H51BrO3/c1-23(2)27-15-18-38(33(41)42-8)20-19-36(6)28(31(27)38)13-14-30-35(5)22-25(21-24-9-11-26(39)12-10-24)32(40)34(3,4)29(35)16-17-37(30,36)7/h9-12,21,27-31H,1,13-20,22H2,2-8H3/b25-21-/t27-,28+,29+,30+,31-,35-,36+,37+,38-/m0/s1. The molecule has 0 spiro atoms. The van der Waals surface area contributed by atoms with Crippen molar-refractivity contribution in [1.82, 2.24) is 0 Å². The third kappa shape index (κ3) is 3.94. The van der Waals surface area contributed by atoms with Crippen LogP contribution in [0.15, 0.2) is 46.5 Å². The van der Waals surface area contributed by atoms with Gasteiger partial charge in [0.1, 0.15) is 0 Å². The largest absolute Gasteiger partial charge is 0.469 e. The molecule has 0 aliphatic heterocycles. The lowest BCUT2D eigenvalue weighted by atomic mass is 9.32. The van der Waals surface area contributed by atoms with Crippen molar-refractivity contribution in [2.24, 2.45) is 56.7 Å². The Morgan fingerprint density at radius 3 is 2.26 bits per heavy atom. The molecule has 5 aliphatic rings. The highest BCUT2D eigenvalue weighted by molar-refractivity contribution is 9.10. The van der Waals surface area contributed by atoms with Crippen molar-refractivity contribution in [3.63, 3.8) is 0 Å². The number of carbonyl (C=O) groups excluding carboxylic acids is 2. The first-order valence-electron chi connectivity index (χ1n) is 16.4. The normalized spacial score (nSPS) is 44.9. The van der Waals surface area contributed by atoms with Gasteiger partial charge in [-0.1, -0.05) is 74.8 Å². The van der Waals surface area contributed by atoms with Gasteiger partial charge in [0.05, 0.1) is 12.5 Å². The Balaban J connectivity index is 1.41. The summed E-state index contributed by atoms with van der Waals surface area (Å²) in [5.41, 5.74) is 2.98. The second-order valence-corrected chi connectivity index (χ2v) is 17.2. The van der Waals surface area contributed by atoms with E-state index >= 15 is 0 Å². The van der Waals surface area contributed by atoms with E-state index in [1.807, 2.05) is 0 Å². The number of hydrogen-bond acceptors (Lipinski definition) is 3. The summed E-state index contributed by atoms with van der Waals surface area (Å²) in [4.78, 5) is 27.6. The van der Waals surface area contributed by atoms with E-state index in [1.165, 1.54) is 18.4 Å². The maximum absolute atomic E-state index is 14.1. The van der Waals surface area contributed by atoms with Crippen LogP contribution in [0.5, 0.6) is 0 Å². The number of fused-ring (bicyclic) bond motifs is 7. The zero-order valence-corrected chi connectivity index (χ0v) is 28.5. The summed E-state index contributed by atoms with van der Waals surface area (Å²) in [5.74, 6) is 2.50. The average Bonchev–Trinajstić information content (AvgIpc) is 3.34. The molecule has 4 heteroatoms. The Bertz CT molecular complexity index is 1340. The van der Waals surface area contributed by atoms with Crippen LogP contribution < -0.4 is 0 Å². The van der Waals surface area contributed by atoms with E-state index in [4.69, 9.17) is 4.74 Å². The number of benzene rings is 1. The van der Waals surface area contributed by atoms with E-state index in [1.54, 1.807) is 7.11 Å². The van der Waals surface area contributed by atoms with Gasteiger partial charge in [0, 0.05) is 9.89 Å². The monoisotopic (exact) mass is 634 g/mol. The molecule has 228 valence electrons. The fraction of sp³-hybridized carbons (Fsp3) is 0.684. The predicted octanol–water partition coefficient (Wildman–Crippen LogP) is 9.84. The fourth-order valence-corrected chi connectivity index (χ4v) is 12.7. The molecule has 9 atom stereocenters. The Labute approximate surface area is 262 Å². The van der Waals surface area contributed by atoms with Crippen LogP contribution in [0.25, 0.3) is 6.08 Å². The van der Waals surface area contributed by atoms with E-state index in [0.717, 1.165) is 60.6 Å². The first kappa shape index (κ1) is 30.4. The summed E-state index contributed by atoms with van der Waals surface area (Å²) < 4.78 is 6.60. The van der Waals surface area contributed by atoms with Gasteiger partial charge >= 0.3 is 5.97 Å². The molecule has 5 fully saturated rings. The van der Waals surface area contributed by atoms with E-state index in [2.05, 4.69) is 94.4 Å². The van der Waals surface area contributed by atoms with Crippen molar-refractivity contribution in [1.29, 1.82) is 0 Å². The Morgan fingerprint density at radius 2 is 1.62 bits per heavy atom. The summed E-state index contributed by atoms with van der Waals surface area (Å²) in [6, 6.07) is 8.35. The summed E-state index contributed by atoms with van der Waals surface area (Å²) in [6.07, 6.45) is 11.7. The third-order valence-corrected chi connectivity index (χ3v) is 15.0. The molecule has 1 aromatic rings. The van der Waals surface area contributed by atoms with Gasteiger partial charge in [0.25, 0.3) is 0 Å². The smallest absolute Gasteiger partial charge is 0.312 e. The first-order chi connectivity index (χ1) is 19.7. The zero-order valence-electron chi connectivity index (χ0n) is 26.9. The number of Topliss-reactive ketones (excluding diaryl/α,β-unsaturated/α-hetero) is 1. The van der Waals surface area contributed by atoms with Gasteiger partial charge in [-0.15, -0.1) is 0 Å². The molecule has 0 unspecified atom stereocenters. The van der Waals surface area contributed by atoms with E-state index in [-0.39, 0.29) is 33.0 Å². The van der Waals surface area contributed by atoms with Gasteiger partial charge in [-0.05, 0) is 140 Å². The number of methoxy groups -OCH3 is 1. The van der Waals surface area contributed by atoms with Gasteiger partial charge in [0.15, 0.2) is 5.78 Å². The quantitative estimate of drug-likeness (QED) is 0.189. The number of carbonyl (C=O) groups is 2. The zero-order chi connectivity index (χ0) is 30.5. The molecular formula is C38H51BrO3. The molecule has 0 saturated heterocycles. The highest BCUT2D eigenvalue weighted by Gasteiger charge is 2.72. The molecule has 5 saturated carbocycles. The van der Waals surface area contributed by atoms with Crippen LogP contribution in [0.3, 0.4) is 0 Å². The predicted molar refractivity (Wildman–Crippen MR) is 173 cm³/mol. The Kier molecular flexibility index (Phi) is 7.16. The highest BCUT2D eigenvalue weighted by atomic mass is 79.9. The van der Waals surface area contributed by atoms with Crippen molar-refractivity contribution in [2.75, 3.05) is 7.11 Å². The second kappa shape index (κ2) is 9.91. The molecule has 0 amide bonds. The summed E-state index contributed by atoms with van der Waals surface area (Å²) in [7, 11) is 1.59. The van der Waals surface area contributed by atoms with Gasteiger partial charge in [-0.3, -0.25) is 9.59 Å². The van der Waals surface area contributed by atoms with Crippen molar-refractivity contribution in [3.8, 4) is 0 Å². The van der Waals surface area contributed by atoms with Gasteiger partial charge in [-0.2, -0.15) is 0 Å². The molecule has 5 aliphatic carbocycles. The molecule has 1 aromatic carbocycles. The van der Waals surface area contributed by atoms with Crippen LogP contribution in [0, 0.1) is 56.7 Å². The topological polar surface area (TPSA) is 43.4 Å². The van der Waals surface area contributed by atoms with Crippen molar-refractivity contribution in [3.05, 3.63) is 52.0 Å². The second-order valence-electron chi connectivity index (χ2n) is 16.3. The van der Waals surface area contributed by atoms with Crippen LogP contribution >= 0.6 is 15.9 Å². The van der Waals surface area contributed by atoms with E-state index in [0.29, 0.717) is 35.4 Å². The minimum atomic E-state index is -0.379. The van der Waals surface area contributed by atoms with Crippen LogP contribution in [-0.2, 0) is 14.3 Å². The third-order valence-electron chi connectivity index (χ3n) is 14.5. The SMILES string of the molecule is C=C(C)[C@@H]1CC[C@]2(C(=O)OC)CC[C@]3(C)[C@H](CC[C@@H]4[C@@]5(C)C/C(=C/c6ccc(Br)cc6)C(=O)C(C)(C)[C@H]5CC[C@]43C)[C@H]12. The van der Waals surface area contributed by atoms with Crippen LogP contribution in [0.2, 0.25) is 0 Å². The minimum Gasteiger partial charge on any atom is -0.469 e. The number of ketones is 1. The lowest BCUT2D eigenvalue weighted by molar-refractivity contribution is -0.232. The number of rotatable bonds is 3. The van der Waals surface area contributed by atoms with Gasteiger partial charge in [-0.25, -0.2) is 0 Å². The number of hydrogen-bond donors (Lipinski definition) is 0. The van der Waals surface area contributed by atoms with Crippen LogP contribution in [0.1, 0.15) is 105 Å². The maximum atomic E-state index is 14.1. The summed E-state index contributed by atoms with van der Waals surface area (Å²) >= 11 is 3.56. The molecule has 6 rings (SSSR count). The summed E-state index contributed by atoms with van der Waals surface area (Å²) in [5, 5.41) is 0. The highest BCUT2D eigenvalue weighted by Crippen LogP contribution is 2.77. The number of halogens is 1. The van der Waals surface area contributed by atoms with Gasteiger partial charge < -0.3 is 4.74 Å². The molecular weight excluding hydrogens is 584 g/mol. The molecule has 0 heterocycles. The lowest BCUT2D eigenvalue weighted by Crippen LogP contribution is -2.67. The maximum Gasteiger partial charge on any atom is 0.312 e.